The van der Waals surface area contributed by atoms with Crippen molar-refractivity contribution in [2.75, 3.05) is 5.32 Å². The fourth-order valence-electron chi connectivity index (χ4n) is 2.82. The van der Waals surface area contributed by atoms with E-state index in [4.69, 9.17) is 11.6 Å². The van der Waals surface area contributed by atoms with E-state index in [1.54, 1.807) is 24.3 Å². The van der Waals surface area contributed by atoms with Gasteiger partial charge in [0.15, 0.2) is 0 Å². The third-order valence-corrected chi connectivity index (χ3v) is 6.99. The van der Waals surface area contributed by atoms with Crippen LogP contribution < -0.4 is 10.9 Å². The minimum Gasteiger partial charge on any atom is -0.321 e. The molecule has 0 fully saturated rings. The average Bonchev–Trinajstić information content (AvgIpc) is 3.19. The molecule has 0 bridgehead atoms. The third kappa shape index (κ3) is 4.98. The molecule has 0 atom stereocenters. The molecule has 1 N–H and O–H groups in total. The predicted octanol–water partition coefficient (Wildman–Crippen LogP) is 5.47. The number of carbonyl (C=O) groups excluding carboxylic acids is 1. The molecule has 4 rings (SSSR count). The lowest BCUT2D eigenvalue weighted by Crippen LogP contribution is -2.15. The number of hydrogen-bond donors (Lipinski definition) is 1. The van der Waals surface area contributed by atoms with Crippen LogP contribution in [0.5, 0.6) is 0 Å². The van der Waals surface area contributed by atoms with Crippen molar-refractivity contribution in [3.8, 4) is 0 Å². The number of benzene rings is 2. The van der Waals surface area contributed by atoms with E-state index < -0.39 is 0 Å². The zero-order valence-electron chi connectivity index (χ0n) is 16.8. The zero-order valence-corrected chi connectivity index (χ0v) is 19.2. The summed E-state index contributed by atoms with van der Waals surface area (Å²) in [6.07, 6.45) is 0. The van der Waals surface area contributed by atoms with Crippen molar-refractivity contribution < 1.29 is 4.79 Å². The van der Waals surface area contributed by atoms with Crippen molar-refractivity contribution >= 4 is 51.3 Å². The number of nitrogens with one attached hydrogen (secondary N) is 1. The fourth-order valence-corrected chi connectivity index (χ4v) is 4.77. The number of halogens is 1. The van der Waals surface area contributed by atoms with Gasteiger partial charge in [-0.15, -0.1) is 11.8 Å². The summed E-state index contributed by atoms with van der Waals surface area (Å²) in [5.41, 5.74) is 1.71. The van der Waals surface area contributed by atoms with Crippen molar-refractivity contribution in [3.63, 3.8) is 0 Å². The van der Waals surface area contributed by atoms with E-state index in [2.05, 4.69) is 15.4 Å². The molecule has 9 heteroatoms. The number of amides is 1. The van der Waals surface area contributed by atoms with Gasteiger partial charge in [-0.3, -0.25) is 9.59 Å². The van der Waals surface area contributed by atoms with Gasteiger partial charge in [-0.1, -0.05) is 48.9 Å². The van der Waals surface area contributed by atoms with Crippen LogP contribution in [0.25, 0.3) is 4.96 Å². The Morgan fingerprint density at radius 2 is 1.94 bits per heavy atom. The van der Waals surface area contributed by atoms with Gasteiger partial charge in [0.2, 0.25) is 4.96 Å². The van der Waals surface area contributed by atoms with E-state index in [-0.39, 0.29) is 17.4 Å². The first-order chi connectivity index (χ1) is 14.9. The zero-order chi connectivity index (χ0) is 22.0. The molecule has 2 aromatic heterocycles. The Labute approximate surface area is 192 Å². The van der Waals surface area contributed by atoms with Crippen molar-refractivity contribution in [2.24, 2.45) is 0 Å². The van der Waals surface area contributed by atoms with E-state index in [0.29, 0.717) is 32.7 Å². The lowest BCUT2D eigenvalue weighted by molar-refractivity contribution is 0.102. The van der Waals surface area contributed by atoms with Crippen LogP contribution in [-0.2, 0) is 5.75 Å². The van der Waals surface area contributed by atoms with Crippen LogP contribution in [0.4, 0.5) is 5.69 Å². The molecule has 4 aromatic rings. The molecule has 2 aromatic carbocycles. The van der Waals surface area contributed by atoms with Gasteiger partial charge in [0.05, 0.1) is 11.4 Å². The maximum absolute atomic E-state index is 12.6. The Balaban J connectivity index is 1.52. The average molecular weight is 471 g/mol. The summed E-state index contributed by atoms with van der Waals surface area (Å²) in [6.45, 7) is 4.07. The smallest absolute Gasteiger partial charge is 0.275 e. The highest BCUT2D eigenvalue weighted by Crippen LogP contribution is 2.30. The molecule has 2 heterocycles. The molecule has 0 aliphatic carbocycles. The molecular formula is C22H19ClN4O2S2. The van der Waals surface area contributed by atoms with Gasteiger partial charge in [0.1, 0.15) is 5.01 Å². The molecule has 0 saturated heterocycles. The van der Waals surface area contributed by atoms with Gasteiger partial charge in [0.25, 0.3) is 11.5 Å². The summed E-state index contributed by atoms with van der Waals surface area (Å²) in [5.74, 6) is 0.516. The lowest BCUT2D eigenvalue weighted by atomic mass is 10.2. The van der Waals surface area contributed by atoms with E-state index >= 15 is 0 Å². The van der Waals surface area contributed by atoms with Gasteiger partial charge in [-0.25, -0.2) is 4.98 Å². The first-order valence-corrected chi connectivity index (χ1v) is 11.8. The summed E-state index contributed by atoms with van der Waals surface area (Å²) in [4.78, 5) is 31.1. The van der Waals surface area contributed by atoms with Crippen molar-refractivity contribution in [1.29, 1.82) is 0 Å². The number of rotatable bonds is 6. The normalized spacial score (nSPS) is 11.2. The van der Waals surface area contributed by atoms with Crippen LogP contribution in [-0.4, -0.2) is 20.5 Å². The Hall–Kier alpha value is -2.68. The lowest BCUT2D eigenvalue weighted by Gasteiger charge is -2.11. The number of anilines is 1. The van der Waals surface area contributed by atoms with Crippen molar-refractivity contribution in [3.05, 3.63) is 86.2 Å². The quantitative estimate of drug-likeness (QED) is 0.378. The van der Waals surface area contributed by atoms with Gasteiger partial charge in [-0.2, -0.15) is 9.61 Å². The number of hydrogen-bond acceptors (Lipinski definition) is 6. The molecule has 0 spiro atoms. The number of para-hydroxylation sites is 1. The highest BCUT2D eigenvalue weighted by molar-refractivity contribution is 7.98. The minimum atomic E-state index is -0.214. The summed E-state index contributed by atoms with van der Waals surface area (Å²) in [5, 5.41) is 8.75. The first kappa shape index (κ1) is 21.5. The monoisotopic (exact) mass is 470 g/mol. The van der Waals surface area contributed by atoms with E-state index in [1.165, 1.54) is 33.7 Å². The molecule has 0 unspecified atom stereocenters. The SMILES string of the molecule is CC(C)c1nn2c(=O)cc(CSc3ccccc3NC(=O)c3ccc(Cl)cc3)nc2s1. The van der Waals surface area contributed by atoms with Crippen LogP contribution >= 0.6 is 34.7 Å². The van der Waals surface area contributed by atoms with Gasteiger partial charge < -0.3 is 5.32 Å². The minimum absolute atomic E-state index is 0.187. The number of thioether (sulfide) groups is 1. The van der Waals surface area contributed by atoms with Gasteiger partial charge in [0, 0.05) is 33.2 Å². The van der Waals surface area contributed by atoms with Crippen molar-refractivity contribution in [2.45, 2.75) is 30.4 Å². The fraction of sp³-hybridized carbons (Fsp3) is 0.182. The molecule has 0 radical (unpaired) electrons. The van der Waals surface area contributed by atoms with Gasteiger partial charge >= 0.3 is 0 Å². The molecule has 158 valence electrons. The highest BCUT2D eigenvalue weighted by atomic mass is 35.5. The van der Waals surface area contributed by atoms with E-state index in [0.717, 1.165) is 9.90 Å². The summed E-state index contributed by atoms with van der Waals surface area (Å²) >= 11 is 8.84. The first-order valence-electron chi connectivity index (χ1n) is 9.59. The van der Waals surface area contributed by atoms with E-state index in [9.17, 15) is 9.59 Å². The Kier molecular flexibility index (Phi) is 6.41. The Morgan fingerprint density at radius 3 is 2.68 bits per heavy atom. The van der Waals surface area contributed by atoms with Crippen LogP contribution in [0.3, 0.4) is 0 Å². The molecule has 0 aliphatic heterocycles. The molecule has 31 heavy (non-hydrogen) atoms. The molecular weight excluding hydrogens is 452 g/mol. The second kappa shape index (κ2) is 9.21. The van der Waals surface area contributed by atoms with Crippen LogP contribution in [0, 0.1) is 0 Å². The number of fused-ring (bicyclic) bond motifs is 1. The second-order valence-corrected chi connectivity index (χ2v) is 9.56. The Morgan fingerprint density at radius 1 is 1.19 bits per heavy atom. The predicted molar refractivity (Wildman–Crippen MR) is 127 cm³/mol. The number of carbonyl (C=O) groups is 1. The summed E-state index contributed by atoms with van der Waals surface area (Å²) in [7, 11) is 0. The molecule has 0 saturated carbocycles. The molecule has 0 aliphatic rings. The molecule has 1 amide bonds. The maximum atomic E-state index is 12.6. The Bertz CT molecular complexity index is 1300. The second-order valence-electron chi connectivity index (χ2n) is 7.12. The van der Waals surface area contributed by atoms with Gasteiger partial charge in [-0.05, 0) is 36.4 Å². The molecule has 6 nitrogen and oxygen atoms in total. The topological polar surface area (TPSA) is 76.4 Å². The number of aromatic nitrogens is 3. The van der Waals surface area contributed by atoms with Crippen molar-refractivity contribution in [1.82, 2.24) is 14.6 Å². The third-order valence-electron chi connectivity index (χ3n) is 4.42. The highest BCUT2D eigenvalue weighted by Gasteiger charge is 2.13. The van der Waals surface area contributed by atoms with Crippen LogP contribution in [0.15, 0.2) is 64.3 Å². The van der Waals surface area contributed by atoms with Crippen LogP contribution in [0.1, 0.15) is 40.8 Å². The van der Waals surface area contributed by atoms with Crippen LogP contribution in [0.2, 0.25) is 5.02 Å². The summed E-state index contributed by atoms with van der Waals surface area (Å²) < 4.78 is 1.36. The summed E-state index contributed by atoms with van der Waals surface area (Å²) in [6, 6.07) is 15.8. The maximum Gasteiger partial charge on any atom is 0.275 e. The largest absolute Gasteiger partial charge is 0.321 e. The van der Waals surface area contributed by atoms with E-state index in [1.807, 2.05) is 38.1 Å². The standard InChI is InChI=1S/C22H19ClN4O2S2/c1-13(2)21-26-27-19(28)11-16(24-22(27)31-21)12-30-18-6-4-3-5-17(18)25-20(29)14-7-9-15(23)10-8-14/h3-11,13H,12H2,1-2H3,(H,25,29). The number of nitrogens with zero attached hydrogens (tertiary/aromatic N) is 3.